The van der Waals surface area contributed by atoms with Gasteiger partial charge in [-0.2, -0.15) is 0 Å². The molecule has 0 bridgehead atoms. The van der Waals surface area contributed by atoms with Crippen molar-refractivity contribution < 1.29 is 13.2 Å². The molecule has 2 N–H and O–H groups in total. The number of nitrogens with zero attached hydrogens (tertiary/aromatic N) is 5. The Hall–Kier alpha value is -3.83. The molecule has 1 aromatic carbocycles. The quantitative estimate of drug-likeness (QED) is 0.442. The van der Waals surface area contributed by atoms with Crippen LogP contribution in [-0.4, -0.2) is 52.7 Å². The third kappa shape index (κ3) is 4.58. The summed E-state index contributed by atoms with van der Waals surface area (Å²) in [7, 11) is -0.0284. The number of hydrogen-bond acceptors (Lipinski definition) is 7. The van der Waals surface area contributed by atoms with E-state index in [4.69, 9.17) is 0 Å². The summed E-state index contributed by atoms with van der Waals surface area (Å²) in [5.74, 6) is -0.401. The van der Waals surface area contributed by atoms with Crippen LogP contribution in [0.4, 0.5) is 11.6 Å². The summed E-state index contributed by atoms with van der Waals surface area (Å²) in [6.07, 6.45) is 4.74. The minimum atomic E-state index is -3.86. The Morgan fingerprint density at radius 3 is 2.44 bits per heavy atom. The summed E-state index contributed by atoms with van der Waals surface area (Å²) in [5, 5.41) is 2.79. The Bertz CT molecular complexity index is 1350. The molecule has 4 rings (SSSR count). The van der Waals surface area contributed by atoms with Crippen LogP contribution in [0.1, 0.15) is 16.2 Å². The first-order valence-corrected chi connectivity index (χ1v) is 11.1. The molecule has 0 aliphatic heterocycles. The maximum absolute atomic E-state index is 13.0. The zero-order chi connectivity index (χ0) is 22.7. The molecule has 3 heterocycles. The molecule has 11 heteroatoms. The van der Waals surface area contributed by atoms with Gasteiger partial charge in [0.05, 0.1) is 10.6 Å². The lowest BCUT2D eigenvalue weighted by Crippen LogP contribution is -2.19. The molecule has 0 saturated heterocycles. The molecule has 0 atom stereocenters. The summed E-state index contributed by atoms with van der Waals surface area (Å²) in [6, 6.07) is 13.0. The minimum Gasteiger partial charge on any atom is -0.321 e. The van der Waals surface area contributed by atoms with Crippen LogP contribution in [0.25, 0.3) is 5.65 Å². The van der Waals surface area contributed by atoms with Gasteiger partial charge in [0.2, 0.25) is 5.95 Å². The number of aromatic nitrogens is 4. The molecule has 0 radical (unpaired) electrons. The first-order valence-electron chi connectivity index (χ1n) is 9.65. The lowest BCUT2D eigenvalue weighted by molar-refractivity contribution is 0.102. The smallest absolute Gasteiger partial charge is 0.276 e. The number of benzene rings is 1. The predicted octanol–water partition coefficient (Wildman–Crippen LogP) is 2.24. The molecule has 4 aromatic rings. The Labute approximate surface area is 185 Å². The summed E-state index contributed by atoms with van der Waals surface area (Å²) in [5.41, 5.74) is 2.18. The third-order valence-corrected chi connectivity index (χ3v) is 5.87. The van der Waals surface area contributed by atoms with Gasteiger partial charge in [-0.3, -0.25) is 4.79 Å². The maximum atomic E-state index is 13.0. The standard InChI is InChI=1S/C21H21N7O3S/c1-27(2)14-17-19(25-18-6-3-4-13-28(17)18)20(29)24-15-7-9-16(10-8-15)32(30,31)26-21-22-11-5-12-23-21/h3-13H,14H2,1-2H3,(H,24,29)(H,22,23,26). The van der Waals surface area contributed by atoms with Crippen molar-refractivity contribution in [1.82, 2.24) is 24.3 Å². The second kappa shape index (κ2) is 8.73. The number of anilines is 2. The molecule has 164 valence electrons. The number of amides is 1. The zero-order valence-corrected chi connectivity index (χ0v) is 18.2. The molecular weight excluding hydrogens is 430 g/mol. The largest absolute Gasteiger partial charge is 0.321 e. The van der Waals surface area contributed by atoms with Crippen molar-refractivity contribution in [2.75, 3.05) is 24.1 Å². The lowest BCUT2D eigenvalue weighted by atomic mass is 10.2. The number of nitrogens with one attached hydrogen (secondary N) is 2. The van der Waals surface area contributed by atoms with Crippen LogP contribution in [0.15, 0.2) is 72.0 Å². The van der Waals surface area contributed by atoms with Gasteiger partial charge in [0.1, 0.15) is 5.65 Å². The van der Waals surface area contributed by atoms with Crippen LogP contribution in [0.2, 0.25) is 0 Å². The number of rotatable bonds is 7. The van der Waals surface area contributed by atoms with Gasteiger partial charge < -0.3 is 14.6 Å². The fraction of sp³-hybridized carbons (Fsp3) is 0.143. The van der Waals surface area contributed by atoms with E-state index < -0.39 is 10.0 Å². The second-order valence-corrected chi connectivity index (χ2v) is 8.91. The normalized spacial score (nSPS) is 11.6. The van der Waals surface area contributed by atoms with Crippen LogP contribution < -0.4 is 10.0 Å². The van der Waals surface area contributed by atoms with Gasteiger partial charge in [0.15, 0.2) is 5.69 Å². The minimum absolute atomic E-state index is 0.0176. The monoisotopic (exact) mass is 451 g/mol. The summed E-state index contributed by atoms with van der Waals surface area (Å²) in [6.45, 7) is 0.526. The first-order chi connectivity index (χ1) is 15.3. The summed E-state index contributed by atoms with van der Waals surface area (Å²) >= 11 is 0. The van der Waals surface area contributed by atoms with Crippen molar-refractivity contribution in [3.63, 3.8) is 0 Å². The van der Waals surface area contributed by atoms with Crippen LogP contribution >= 0.6 is 0 Å². The highest BCUT2D eigenvalue weighted by atomic mass is 32.2. The van der Waals surface area contributed by atoms with E-state index >= 15 is 0 Å². The Kier molecular flexibility index (Phi) is 5.84. The molecule has 0 aliphatic rings. The molecule has 0 fully saturated rings. The average Bonchev–Trinajstić information content (AvgIpc) is 3.13. The highest BCUT2D eigenvalue weighted by Crippen LogP contribution is 2.19. The van der Waals surface area contributed by atoms with Crippen LogP contribution in [0, 0.1) is 0 Å². The number of hydrogen-bond donors (Lipinski definition) is 2. The average molecular weight is 452 g/mol. The number of pyridine rings is 1. The van der Waals surface area contributed by atoms with E-state index in [-0.39, 0.29) is 16.8 Å². The highest BCUT2D eigenvalue weighted by molar-refractivity contribution is 7.92. The predicted molar refractivity (Wildman–Crippen MR) is 120 cm³/mol. The van der Waals surface area contributed by atoms with Crippen LogP contribution in [0.3, 0.4) is 0 Å². The van der Waals surface area contributed by atoms with E-state index in [1.807, 2.05) is 47.8 Å². The molecule has 32 heavy (non-hydrogen) atoms. The van der Waals surface area contributed by atoms with E-state index in [1.54, 1.807) is 6.07 Å². The van der Waals surface area contributed by atoms with Crippen molar-refractivity contribution in [3.05, 3.63) is 78.5 Å². The van der Waals surface area contributed by atoms with Gasteiger partial charge in [-0.15, -0.1) is 0 Å². The Morgan fingerprint density at radius 1 is 1.03 bits per heavy atom. The van der Waals surface area contributed by atoms with Crippen LogP contribution in [0.5, 0.6) is 0 Å². The van der Waals surface area contributed by atoms with Crippen molar-refractivity contribution in [2.24, 2.45) is 0 Å². The van der Waals surface area contributed by atoms with E-state index in [0.717, 1.165) is 5.69 Å². The SMILES string of the molecule is CN(C)Cc1c(C(=O)Nc2ccc(S(=O)(=O)Nc3ncccn3)cc2)nc2ccccn12. The van der Waals surface area contributed by atoms with E-state index in [2.05, 4.69) is 25.0 Å². The summed E-state index contributed by atoms with van der Waals surface area (Å²) in [4.78, 5) is 27.1. The van der Waals surface area contributed by atoms with Gasteiger partial charge in [0.25, 0.3) is 15.9 Å². The van der Waals surface area contributed by atoms with Crippen molar-refractivity contribution in [2.45, 2.75) is 11.4 Å². The maximum Gasteiger partial charge on any atom is 0.276 e. The molecule has 0 saturated carbocycles. The fourth-order valence-corrected chi connectivity index (χ4v) is 4.08. The number of imidazole rings is 1. The van der Waals surface area contributed by atoms with Gasteiger partial charge in [-0.05, 0) is 56.6 Å². The first kappa shape index (κ1) is 21.4. The molecule has 0 spiro atoms. The Morgan fingerprint density at radius 2 is 1.75 bits per heavy atom. The molecule has 10 nitrogen and oxygen atoms in total. The van der Waals surface area contributed by atoms with Crippen molar-refractivity contribution in [3.8, 4) is 0 Å². The fourth-order valence-electron chi connectivity index (χ4n) is 3.12. The highest BCUT2D eigenvalue weighted by Gasteiger charge is 2.20. The molecule has 0 aliphatic carbocycles. The number of fused-ring (bicyclic) bond motifs is 1. The number of sulfonamides is 1. The topological polar surface area (TPSA) is 122 Å². The van der Waals surface area contributed by atoms with Crippen molar-refractivity contribution >= 4 is 33.2 Å². The molecule has 3 aromatic heterocycles. The third-order valence-electron chi connectivity index (χ3n) is 4.52. The Balaban J connectivity index is 1.55. The van der Waals surface area contributed by atoms with Gasteiger partial charge >= 0.3 is 0 Å². The van der Waals surface area contributed by atoms with Crippen LogP contribution in [-0.2, 0) is 16.6 Å². The van der Waals surface area contributed by atoms with E-state index in [9.17, 15) is 13.2 Å². The van der Waals surface area contributed by atoms with Gasteiger partial charge in [-0.1, -0.05) is 6.07 Å². The second-order valence-electron chi connectivity index (χ2n) is 7.23. The lowest BCUT2D eigenvalue weighted by Gasteiger charge is -2.11. The number of carbonyl (C=O) groups excluding carboxylic acids is 1. The van der Waals surface area contributed by atoms with Crippen molar-refractivity contribution in [1.29, 1.82) is 0 Å². The van der Waals surface area contributed by atoms with Gasteiger partial charge in [-0.25, -0.2) is 28.1 Å². The van der Waals surface area contributed by atoms with E-state index in [0.29, 0.717) is 23.6 Å². The van der Waals surface area contributed by atoms with Gasteiger partial charge in [0, 0.05) is 30.8 Å². The molecule has 1 amide bonds. The summed E-state index contributed by atoms with van der Waals surface area (Å²) < 4.78 is 29.2. The molecular formula is C21H21N7O3S. The number of carbonyl (C=O) groups is 1. The van der Waals surface area contributed by atoms with E-state index in [1.165, 1.54) is 36.7 Å². The zero-order valence-electron chi connectivity index (χ0n) is 17.4. The molecule has 0 unspecified atom stereocenters.